The van der Waals surface area contributed by atoms with Crippen molar-refractivity contribution in [1.29, 1.82) is 0 Å². The first-order valence-electron chi connectivity index (χ1n) is 12.1. The fourth-order valence-corrected chi connectivity index (χ4v) is 5.50. The van der Waals surface area contributed by atoms with E-state index in [2.05, 4.69) is 5.32 Å². The van der Waals surface area contributed by atoms with E-state index in [4.69, 9.17) is 34.8 Å². The van der Waals surface area contributed by atoms with E-state index in [9.17, 15) is 18.0 Å². The van der Waals surface area contributed by atoms with E-state index < -0.39 is 16.1 Å². The SMILES string of the molecule is CCCCNC(=O)[C@@H](C)N(Cc1c(Cl)cccc1Cl)C(=O)CCCN(c1cc(Cl)ccc1C)S(C)(=O)=O. The van der Waals surface area contributed by atoms with Crippen LogP contribution in [-0.4, -0.2) is 50.5 Å². The lowest BCUT2D eigenvalue weighted by Gasteiger charge is -2.30. The molecule has 11 heteroatoms. The molecular formula is C26H34Cl3N3O4S. The van der Waals surface area contributed by atoms with E-state index >= 15 is 0 Å². The third-order valence-electron chi connectivity index (χ3n) is 5.98. The van der Waals surface area contributed by atoms with Crippen molar-refractivity contribution >= 4 is 62.3 Å². The third kappa shape index (κ3) is 9.06. The molecule has 204 valence electrons. The second-order valence-electron chi connectivity index (χ2n) is 8.91. The molecule has 0 bridgehead atoms. The van der Waals surface area contributed by atoms with E-state index in [-0.39, 0.29) is 37.7 Å². The number of amides is 2. The van der Waals surface area contributed by atoms with Gasteiger partial charge in [-0.1, -0.05) is 60.3 Å². The molecule has 1 atom stereocenters. The van der Waals surface area contributed by atoms with Gasteiger partial charge in [-0.2, -0.15) is 0 Å². The van der Waals surface area contributed by atoms with Gasteiger partial charge in [0.25, 0.3) is 0 Å². The normalized spacial score (nSPS) is 12.2. The summed E-state index contributed by atoms with van der Waals surface area (Å²) < 4.78 is 26.3. The molecule has 0 heterocycles. The number of benzene rings is 2. The minimum Gasteiger partial charge on any atom is -0.354 e. The minimum atomic E-state index is -3.63. The van der Waals surface area contributed by atoms with Crippen LogP contribution < -0.4 is 9.62 Å². The fraction of sp³-hybridized carbons (Fsp3) is 0.462. The van der Waals surface area contributed by atoms with Crippen LogP contribution in [0.25, 0.3) is 0 Å². The molecule has 2 amide bonds. The van der Waals surface area contributed by atoms with Gasteiger partial charge in [-0.3, -0.25) is 13.9 Å². The van der Waals surface area contributed by atoms with Gasteiger partial charge in [-0.05, 0) is 56.5 Å². The van der Waals surface area contributed by atoms with Gasteiger partial charge in [0.1, 0.15) is 6.04 Å². The lowest BCUT2D eigenvalue weighted by Crippen LogP contribution is -2.48. The van der Waals surface area contributed by atoms with Gasteiger partial charge < -0.3 is 10.2 Å². The van der Waals surface area contributed by atoms with Crippen LogP contribution in [0.5, 0.6) is 0 Å². The Balaban J connectivity index is 2.23. The zero-order valence-electron chi connectivity index (χ0n) is 21.6. The van der Waals surface area contributed by atoms with Crippen LogP contribution in [0.15, 0.2) is 36.4 Å². The van der Waals surface area contributed by atoms with Crippen molar-refractivity contribution in [3.8, 4) is 0 Å². The average molecular weight is 591 g/mol. The predicted molar refractivity (Wildman–Crippen MR) is 152 cm³/mol. The molecule has 0 aliphatic carbocycles. The monoisotopic (exact) mass is 589 g/mol. The smallest absolute Gasteiger partial charge is 0.242 e. The van der Waals surface area contributed by atoms with Crippen molar-refractivity contribution in [3.63, 3.8) is 0 Å². The van der Waals surface area contributed by atoms with Crippen LogP contribution in [0.4, 0.5) is 5.69 Å². The zero-order chi connectivity index (χ0) is 27.8. The molecule has 0 saturated carbocycles. The molecule has 7 nitrogen and oxygen atoms in total. The Kier molecular flexibility index (Phi) is 12.0. The molecule has 2 aromatic rings. The van der Waals surface area contributed by atoms with Gasteiger partial charge in [0.05, 0.1) is 11.9 Å². The first-order chi connectivity index (χ1) is 17.4. The van der Waals surface area contributed by atoms with Gasteiger partial charge in [0.2, 0.25) is 21.8 Å². The highest BCUT2D eigenvalue weighted by atomic mass is 35.5. The lowest BCUT2D eigenvalue weighted by molar-refractivity contribution is -0.140. The molecule has 37 heavy (non-hydrogen) atoms. The Labute approximate surface area is 235 Å². The Morgan fingerprint density at radius 2 is 1.70 bits per heavy atom. The highest BCUT2D eigenvalue weighted by molar-refractivity contribution is 7.92. The molecule has 0 aliphatic rings. The number of sulfonamides is 1. The van der Waals surface area contributed by atoms with E-state index in [1.54, 1.807) is 50.2 Å². The highest BCUT2D eigenvalue weighted by Gasteiger charge is 2.28. The molecule has 0 aromatic heterocycles. The summed E-state index contributed by atoms with van der Waals surface area (Å²) in [6.45, 7) is 6.10. The number of nitrogens with one attached hydrogen (secondary N) is 1. The average Bonchev–Trinajstić information content (AvgIpc) is 2.82. The Bertz CT molecular complexity index is 1190. The zero-order valence-corrected chi connectivity index (χ0v) is 24.6. The number of hydrogen-bond donors (Lipinski definition) is 1. The maximum absolute atomic E-state index is 13.4. The van der Waals surface area contributed by atoms with E-state index in [0.717, 1.165) is 24.7 Å². The van der Waals surface area contributed by atoms with Crippen molar-refractivity contribution in [2.75, 3.05) is 23.7 Å². The molecule has 0 spiro atoms. The van der Waals surface area contributed by atoms with E-state index in [1.807, 2.05) is 6.92 Å². The van der Waals surface area contributed by atoms with Gasteiger partial charge in [-0.15, -0.1) is 0 Å². The highest BCUT2D eigenvalue weighted by Crippen LogP contribution is 2.28. The first kappa shape index (κ1) is 31.2. The molecule has 0 saturated heterocycles. The molecule has 2 rings (SSSR count). The fourth-order valence-electron chi connectivity index (χ4n) is 3.81. The summed E-state index contributed by atoms with van der Waals surface area (Å²) in [7, 11) is -3.63. The van der Waals surface area contributed by atoms with Gasteiger partial charge in [-0.25, -0.2) is 8.42 Å². The topological polar surface area (TPSA) is 86.8 Å². The Morgan fingerprint density at radius 1 is 1.05 bits per heavy atom. The van der Waals surface area contributed by atoms with Crippen LogP contribution in [0, 0.1) is 6.92 Å². The minimum absolute atomic E-state index is 0.0142. The summed E-state index contributed by atoms with van der Waals surface area (Å²) in [4.78, 5) is 27.7. The summed E-state index contributed by atoms with van der Waals surface area (Å²) in [5.41, 5.74) is 1.75. The Hall–Kier alpha value is -2.00. The van der Waals surface area contributed by atoms with Gasteiger partial charge in [0, 0.05) is 46.7 Å². The Morgan fingerprint density at radius 3 is 2.30 bits per heavy atom. The molecule has 2 aromatic carbocycles. The second-order valence-corrected chi connectivity index (χ2v) is 12.1. The number of rotatable bonds is 13. The number of carbonyl (C=O) groups excluding carboxylic acids is 2. The molecule has 0 aliphatic heterocycles. The summed E-state index contributed by atoms with van der Waals surface area (Å²) in [6, 6.07) is 9.30. The van der Waals surface area contributed by atoms with Crippen molar-refractivity contribution in [1.82, 2.24) is 10.2 Å². The van der Waals surface area contributed by atoms with Crippen LogP contribution in [-0.2, 0) is 26.2 Å². The second kappa shape index (κ2) is 14.2. The third-order valence-corrected chi connectivity index (χ3v) is 8.10. The van der Waals surface area contributed by atoms with Crippen LogP contribution in [0.1, 0.15) is 50.7 Å². The van der Waals surface area contributed by atoms with Crippen molar-refractivity contribution in [2.45, 2.75) is 59.0 Å². The molecule has 0 fully saturated rings. The number of hydrogen-bond acceptors (Lipinski definition) is 4. The first-order valence-corrected chi connectivity index (χ1v) is 15.1. The van der Waals surface area contributed by atoms with Crippen LogP contribution in [0.2, 0.25) is 15.1 Å². The number of anilines is 1. The largest absolute Gasteiger partial charge is 0.354 e. The summed E-state index contributed by atoms with van der Waals surface area (Å²) in [6.07, 6.45) is 3.11. The summed E-state index contributed by atoms with van der Waals surface area (Å²) in [5.74, 6) is -0.595. The maximum Gasteiger partial charge on any atom is 0.242 e. The molecule has 1 N–H and O–H groups in total. The standard InChI is InChI=1S/C26H34Cl3N3O4S/c1-5-6-14-30-26(34)19(3)31(17-21-22(28)9-7-10-23(21)29)25(33)11-8-15-32(37(4,35)36)24-16-20(27)13-12-18(24)2/h7,9-10,12-13,16,19H,5-6,8,11,14-15,17H2,1-4H3,(H,30,34)/t19-/m1/s1. The van der Waals surface area contributed by atoms with Crippen molar-refractivity contribution in [2.24, 2.45) is 0 Å². The van der Waals surface area contributed by atoms with Crippen LogP contribution >= 0.6 is 34.8 Å². The van der Waals surface area contributed by atoms with Gasteiger partial charge >= 0.3 is 0 Å². The number of nitrogens with zero attached hydrogens (tertiary/aromatic N) is 2. The van der Waals surface area contributed by atoms with E-state index in [1.165, 1.54) is 9.21 Å². The molecular weight excluding hydrogens is 557 g/mol. The van der Waals surface area contributed by atoms with Crippen molar-refractivity contribution in [3.05, 3.63) is 62.6 Å². The molecule has 0 radical (unpaired) electrons. The lowest BCUT2D eigenvalue weighted by atomic mass is 10.1. The summed E-state index contributed by atoms with van der Waals surface area (Å²) in [5, 5.41) is 4.06. The van der Waals surface area contributed by atoms with Crippen molar-refractivity contribution < 1.29 is 18.0 Å². The van der Waals surface area contributed by atoms with Crippen LogP contribution in [0.3, 0.4) is 0 Å². The number of aryl methyl sites for hydroxylation is 1. The number of halogens is 3. The van der Waals surface area contributed by atoms with Gasteiger partial charge in [0.15, 0.2) is 0 Å². The predicted octanol–water partition coefficient (Wildman–Crippen LogP) is 5.84. The quantitative estimate of drug-likeness (QED) is 0.297. The summed E-state index contributed by atoms with van der Waals surface area (Å²) >= 11 is 18.8. The maximum atomic E-state index is 13.4. The number of unbranched alkanes of at least 4 members (excludes halogenated alkanes) is 1. The van der Waals surface area contributed by atoms with E-state index in [0.29, 0.717) is 32.9 Å². The molecule has 0 unspecified atom stereocenters. The number of carbonyl (C=O) groups is 2.